The van der Waals surface area contributed by atoms with E-state index in [1.807, 2.05) is 6.07 Å². The number of aromatic carboxylic acids is 1. The van der Waals surface area contributed by atoms with E-state index in [0.29, 0.717) is 47.4 Å². The first-order chi connectivity index (χ1) is 21.1. The van der Waals surface area contributed by atoms with Gasteiger partial charge >= 0.3 is 5.97 Å². The van der Waals surface area contributed by atoms with Gasteiger partial charge in [-0.1, -0.05) is 12.1 Å². The molecule has 1 amide bonds. The van der Waals surface area contributed by atoms with Crippen LogP contribution < -0.4 is 9.62 Å². The van der Waals surface area contributed by atoms with Crippen molar-refractivity contribution >= 4 is 38.6 Å². The number of benzene rings is 3. The van der Waals surface area contributed by atoms with Gasteiger partial charge in [-0.25, -0.2) is 17.6 Å². The molecule has 0 atom stereocenters. The normalized spacial score (nSPS) is 13.2. The van der Waals surface area contributed by atoms with Crippen molar-refractivity contribution in [2.75, 3.05) is 37.4 Å². The van der Waals surface area contributed by atoms with E-state index in [2.05, 4.69) is 5.32 Å². The first-order valence-corrected chi connectivity index (χ1v) is 16.4. The maximum atomic E-state index is 13.6. The Labute approximate surface area is 255 Å². The fourth-order valence-electron chi connectivity index (χ4n) is 5.31. The molecule has 3 aromatic carbocycles. The summed E-state index contributed by atoms with van der Waals surface area (Å²) in [6, 6.07) is 16.0. The molecule has 44 heavy (non-hydrogen) atoms. The molecule has 2 N–H and O–H groups in total. The van der Waals surface area contributed by atoms with Crippen LogP contribution in [0.4, 0.5) is 10.1 Å². The van der Waals surface area contributed by atoms with Crippen LogP contribution in [-0.2, 0) is 21.2 Å². The topological polar surface area (TPSA) is 126 Å². The highest BCUT2D eigenvalue weighted by atomic mass is 32.2. The number of anilines is 1. The van der Waals surface area contributed by atoms with Gasteiger partial charge in [0.1, 0.15) is 17.2 Å². The second kappa shape index (κ2) is 13.2. The molecule has 1 aliphatic carbocycles. The number of carbonyl (C=O) groups excluding carboxylic acids is 1. The number of rotatable bonds is 14. The Morgan fingerprint density at radius 3 is 2.34 bits per heavy atom. The van der Waals surface area contributed by atoms with Gasteiger partial charge in [0.05, 0.1) is 23.1 Å². The van der Waals surface area contributed by atoms with Crippen molar-refractivity contribution in [3.63, 3.8) is 0 Å². The van der Waals surface area contributed by atoms with E-state index >= 15 is 0 Å². The summed E-state index contributed by atoms with van der Waals surface area (Å²) in [5.41, 5.74) is 3.85. The van der Waals surface area contributed by atoms with Gasteiger partial charge in [0.15, 0.2) is 0 Å². The van der Waals surface area contributed by atoms with E-state index in [1.165, 1.54) is 29.7 Å². The smallest absolute Gasteiger partial charge is 0.335 e. The third-order valence-electron chi connectivity index (χ3n) is 7.69. The molecule has 0 spiro atoms. The lowest BCUT2D eigenvalue weighted by Gasteiger charge is -2.25. The van der Waals surface area contributed by atoms with Gasteiger partial charge in [0, 0.05) is 43.8 Å². The third-order valence-corrected chi connectivity index (χ3v) is 8.87. The molecule has 5 rings (SSSR count). The quantitative estimate of drug-likeness (QED) is 0.166. The molecule has 0 unspecified atom stereocenters. The van der Waals surface area contributed by atoms with Crippen molar-refractivity contribution in [3.05, 3.63) is 88.7 Å². The molecule has 0 saturated heterocycles. The summed E-state index contributed by atoms with van der Waals surface area (Å²) < 4.78 is 53.1. The average Bonchev–Trinajstić information content (AvgIpc) is 3.78. The number of carboxylic acid groups (broad SMARTS) is 1. The Morgan fingerprint density at radius 2 is 1.73 bits per heavy atom. The number of nitrogens with zero attached hydrogens (tertiary/aromatic N) is 1. The van der Waals surface area contributed by atoms with Crippen molar-refractivity contribution < 1.29 is 36.7 Å². The standard InChI is InChI=1S/C33H35FN2O7S/c1-35-32(37)30-27-19-26(22-10-11-22)28(20-29(27)43-31(30)23-12-14-25(34)15-13-23)36(44(2,40)41)16-4-18-42-17-3-5-21-6-8-24(9-7-21)33(38)39/h6-9,12-15,19-20,22H,3-5,10-11,16-18H2,1-2H3,(H,35,37)(H,38,39). The molecule has 1 heterocycles. The number of fused-ring (bicyclic) bond motifs is 1. The van der Waals surface area contributed by atoms with Gasteiger partial charge in [-0.15, -0.1) is 0 Å². The Morgan fingerprint density at radius 1 is 1.05 bits per heavy atom. The van der Waals surface area contributed by atoms with Crippen LogP contribution in [0.3, 0.4) is 0 Å². The number of hydrogen-bond donors (Lipinski definition) is 2. The molecule has 9 nitrogen and oxygen atoms in total. The van der Waals surface area contributed by atoms with E-state index in [1.54, 1.807) is 42.5 Å². The molecular weight excluding hydrogens is 587 g/mol. The zero-order chi connectivity index (χ0) is 31.4. The zero-order valence-corrected chi connectivity index (χ0v) is 25.5. The number of carbonyl (C=O) groups is 2. The number of carboxylic acids is 1. The minimum Gasteiger partial charge on any atom is -0.478 e. The van der Waals surface area contributed by atoms with Crippen molar-refractivity contribution in [2.45, 2.75) is 38.0 Å². The van der Waals surface area contributed by atoms with E-state index in [0.717, 1.165) is 36.8 Å². The number of sulfonamides is 1. The van der Waals surface area contributed by atoms with Gasteiger partial charge in [0.2, 0.25) is 10.0 Å². The summed E-state index contributed by atoms with van der Waals surface area (Å²) in [4.78, 5) is 24.0. The number of hydrogen-bond acceptors (Lipinski definition) is 6. The Hall–Kier alpha value is -4.22. The van der Waals surface area contributed by atoms with Crippen LogP contribution in [0.2, 0.25) is 0 Å². The van der Waals surface area contributed by atoms with Gasteiger partial charge in [-0.2, -0.15) is 0 Å². The van der Waals surface area contributed by atoms with E-state index in [4.69, 9.17) is 14.3 Å². The molecule has 0 radical (unpaired) electrons. The molecule has 4 aromatic rings. The molecule has 11 heteroatoms. The lowest BCUT2D eigenvalue weighted by atomic mass is 10.0. The largest absolute Gasteiger partial charge is 0.478 e. The number of nitrogens with one attached hydrogen (secondary N) is 1. The zero-order valence-electron chi connectivity index (χ0n) is 24.6. The van der Waals surface area contributed by atoms with Crippen molar-refractivity contribution in [3.8, 4) is 11.3 Å². The number of ether oxygens (including phenoxy) is 1. The summed E-state index contributed by atoms with van der Waals surface area (Å²) >= 11 is 0. The van der Waals surface area contributed by atoms with Crippen LogP contribution >= 0.6 is 0 Å². The van der Waals surface area contributed by atoms with Crippen LogP contribution in [-0.4, -0.2) is 58.5 Å². The van der Waals surface area contributed by atoms with Crippen LogP contribution in [0.25, 0.3) is 22.3 Å². The molecule has 1 saturated carbocycles. The van der Waals surface area contributed by atoms with E-state index in [-0.39, 0.29) is 29.7 Å². The lowest BCUT2D eigenvalue weighted by Crippen LogP contribution is -2.32. The highest BCUT2D eigenvalue weighted by Crippen LogP contribution is 2.48. The lowest BCUT2D eigenvalue weighted by molar-refractivity contribution is 0.0696. The SMILES string of the molecule is CNC(=O)c1c(-c2ccc(F)cc2)oc2cc(N(CCCOCCCc3ccc(C(=O)O)cc3)S(C)(=O)=O)c(C3CC3)cc12. The molecule has 0 bridgehead atoms. The summed E-state index contributed by atoms with van der Waals surface area (Å²) in [7, 11) is -2.14. The summed E-state index contributed by atoms with van der Waals surface area (Å²) in [6.07, 6.45) is 4.94. The van der Waals surface area contributed by atoms with Gasteiger partial charge in [-0.05, 0) is 91.6 Å². The maximum absolute atomic E-state index is 13.6. The number of amides is 1. The summed E-state index contributed by atoms with van der Waals surface area (Å²) in [5.74, 6) is -1.27. The Balaban J connectivity index is 1.33. The molecule has 1 fully saturated rings. The van der Waals surface area contributed by atoms with Crippen molar-refractivity contribution in [1.29, 1.82) is 0 Å². The monoisotopic (exact) mass is 622 g/mol. The molecule has 232 valence electrons. The Kier molecular flexibility index (Phi) is 9.36. The predicted molar refractivity (Wildman–Crippen MR) is 166 cm³/mol. The predicted octanol–water partition coefficient (Wildman–Crippen LogP) is 5.98. The Bertz CT molecular complexity index is 1760. The van der Waals surface area contributed by atoms with Crippen LogP contribution in [0.15, 0.2) is 65.1 Å². The van der Waals surface area contributed by atoms with Crippen LogP contribution in [0, 0.1) is 5.82 Å². The second-order valence-corrected chi connectivity index (χ2v) is 12.9. The van der Waals surface area contributed by atoms with Crippen molar-refractivity contribution in [1.82, 2.24) is 5.32 Å². The number of aryl methyl sites for hydroxylation is 1. The van der Waals surface area contributed by atoms with E-state index in [9.17, 15) is 22.4 Å². The minimum absolute atomic E-state index is 0.168. The molecule has 1 aliphatic rings. The minimum atomic E-state index is -3.67. The number of furan rings is 1. The fourth-order valence-corrected chi connectivity index (χ4v) is 6.29. The number of halogens is 1. The molecular formula is C33H35FN2O7S. The fraction of sp³-hybridized carbons (Fsp3) is 0.333. The maximum Gasteiger partial charge on any atom is 0.335 e. The van der Waals surface area contributed by atoms with Gasteiger partial charge in [-0.3, -0.25) is 9.10 Å². The highest BCUT2D eigenvalue weighted by molar-refractivity contribution is 7.92. The van der Waals surface area contributed by atoms with Gasteiger partial charge < -0.3 is 19.6 Å². The third kappa shape index (κ3) is 7.11. The summed E-state index contributed by atoms with van der Waals surface area (Å²) in [5, 5.41) is 12.3. The molecule has 1 aromatic heterocycles. The van der Waals surface area contributed by atoms with E-state index < -0.39 is 21.8 Å². The summed E-state index contributed by atoms with van der Waals surface area (Å²) in [6.45, 7) is 1.05. The highest BCUT2D eigenvalue weighted by Gasteiger charge is 2.33. The average molecular weight is 623 g/mol. The molecule has 0 aliphatic heterocycles. The van der Waals surface area contributed by atoms with Gasteiger partial charge in [0.25, 0.3) is 5.91 Å². The van der Waals surface area contributed by atoms with Crippen molar-refractivity contribution in [2.24, 2.45) is 0 Å². The second-order valence-electron chi connectivity index (χ2n) is 11.0. The first kappa shape index (κ1) is 31.2. The first-order valence-electron chi connectivity index (χ1n) is 14.5. The van der Waals surface area contributed by atoms with Crippen LogP contribution in [0.1, 0.15) is 63.4 Å². The van der Waals surface area contributed by atoms with Crippen LogP contribution in [0.5, 0.6) is 0 Å².